The Kier molecular flexibility index (Phi) is 4.12. The smallest absolute Gasteiger partial charge is 0.326 e. The van der Waals surface area contributed by atoms with Gasteiger partial charge in [0.25, 0.3) is 0 Å². The summed E-state index contributed by atoms with van der Waals surface area (Å²) in [6, 6.07) is 6.78. The molecule has 3 heterocycles. The van der Waals surface area contributed by atoms with Crippen LogP contribution < -0.4 is 21.7 Å². The standard InChI is InChI=1S/C20H18FN7O2/c1-10-6-13(4-5-14(10)21)23-16-8-17(24-12-2-3-12)28-18(26-16)11(9-22-28)7-15-19(29)27-20(30)25-15/h4-9,12,23,29H,2-3H2,1H3,(H2,25,27,30)/b11-7-,24-17?. The van der Waals surface area contributed by atoms with E-state index in [0.717, 1.165) is 12.8 Å². The Morgan fingerprint density at radius 2 is 2.17 bits per heavy atom. The Morgan fingerprint density at radius 3 is 2.87 bits per heavy atom. The van der Waals surface area contributed by atoms with E-state index >= 15 is 0 Å². The van der Waals surface area contributed by atoms with Crippen molar-refractivity contribution in [1.29, 1.82) is 0 Å². The van der Waals surface area contributed by atoms with Gasteiger partial charge in [0.05, 0.1) is 12.2 Å². The minimum atomic E-state index is -0.512. The van der Waals surface area contributed by atoms with Crippen LogP contribution in [0.15, 0.2) is 40.2 Å². The van der Waals surface area contributed by atoms with Gasteiger partial charge in [-0.05, 0) is 49.6 Å². The number of hydrogen-bond donors (Lipinski definition) is 4. The fourth-order valence-electron chi connectivity index (χ4n) is 3.13. The molecule has 0 bridgehead atoms. The second-order valence-corrected chi connectivity index (χ2v) is 7.27. The average molecular weight is 407 g/mol. The summed E-state index contributed by atoms with van der Waals surface area (Å²) in [4.78, 5) is 25.5. The monoisotopic (exact) mass is 407 g/mol. The van der Waals surface area contributed by atoms with Gasteiger partial charge in [0.15, 0.2) is 11.1 Å². The van der Waals surface area contributed by atoms with E-state index in [0.29, 0.717) is 33.4 Å². The summed E-state index contributed by atoms with van der Waals surface area (Å²) in [5.74, 6) is -0.0190. The van der Waals surface area contributed by atoms with Crippen molar-refractivity contribution in [3.63, 3.8) is 0 Å². The largest absolute Gasteiger partial charge is 0.493 e. The van der Waals surface area contributed by atoms with Crippen molar-refractivity contribution in [2.24, 2.45) is 4.99 Å². The van der Waals surface area contributed by atoms with Crippen LogP contribution in [0.4, 0.5) is 15.9 Å². The Labute approximate surface area is 168 Å². The molecule has 5 rings (SSSR count). The van der Waals surface area contributed by atoms with E-state index in [2.05, 4.69) is 25.4 Å². The molecule has 1 aromatic carbocycles. The molecule has 1 aliphatic rings. The summed E-state index contributed by atoms with van der Waals surface area (Å²) < 4.78 is 15.2. The van der Waals surface area contributed by atoms with Crippen LogP contribution in [0.1, 0.15) is 24.1 Å². The third-order valence-corrected chi connectivity index (χ3v) is 4.81. The number of nitrogens with zero attached hydrogens (tertiary/aromatic N) is 4. The molecule has 0 spiro atoms. The summed E-state index contributed by atoms with van der Waals surface area (Å²) in [6.07, 6.45) is 5.23. The van der Waals surface area contributed by atoms with Crippen molar-refractivity contribution in [2.75, 3.05) is 5.32 Å². The van der Waals surface area contributed by atoms with Crippen LogP contribution in [0, 0.1) is 12.7 Å². The zero-order chi connectivity index (χ0) is 20.8. The lowest BCUT2D eigenvalue weighted by atomic mass is 10.2. The Balaban J connectivity index is 1.67. The topological polar surface area (TPSA) is 123 Å². The van der Waals surface area contributed by atoms with Crippen molar-refractivity contribution in [3.8, 4) is 5.88 Å². The lowest BCUT2D eigenvalue weighted by Crippen LogP contribution is -2.19. The van der Waals surface area contributed by atoms with Crippen LogP contribution in [0.25, 0.3) is 11.7 Å². The zero-order valence-corrected chi connectivity index (χ0v) is 16.0. The molecule has 0 aliphatic heterocycles. The highest BCUT2D eigenvalue weighted by molar-refractivity contribution is 5.61. The van der Waals surface area contributed by atoms with Gasteiger partial charge in [-0.15, -0.1) is 0 Å². The molecular weight excluding hydrogens is 389 g/mol. The van der Waals surface area contributed by atoms with E-state index in [1.807, 2.05) is 0 Å². The number of aryl methyl sites for hydroxylation is 1. The number of hydrogen-bond acceptors (Lipinski definition) is 6. The zero-order valence-electron chi connectivity index (χ0n) is 16.0. The number of aromatic amines is 2. The molecule has 0 radical (unpaired) electrons. The number of nitrogens with one attached hydrogen (secondary N) is 3. The number of benzene rings is 1. The van der Waals surface area contributed by atoms with Gasteiger partial charge in [-0.3, -0.25) is 9.98 Å². The van der Waals surface area contributed by atoms with E-state index in [4.69, 9.17) is 4.99 Å². The second-order valence-electron chi connectivity index (χ2n) is 7.27. The number of aromatic nitrogens is 5. The molecule has 1 fully saturated rings. The van der Waals surface area contributed by atoms with Crippen LogP contribution in [-0.4, -0.2) is 35.7 Å². The van der Waals surface area contributed by atoms with Crippen LogP contribution in [0.2, 0.25) is 0 Å². The summed E-state index contributed by atoms with van der Waals surface area (Å²) >= 11 is 0. The van der Waals surface area contributed by atoms with Crippen LogP contribution in [0.5, 0.6) is 5.88 Å². The van der Waals surface area contributed by atoms with E-state index in [9.17, 15) is 14.3 Å². The van der Waals surface area contributed by atoms with Crippen LogP contribution in [0.3, 0.4) is 0 Å². The molecule has 4 aromatic rings. The number of aromatic hydroxyl groups is 1. The van der Waals surface area contributed by atoms with Crippen LogP contribution >= 0.6 is 0 Å². The molecule has 1 saturated carbocycles. The molecule has 3 aromatic heterocycles. The maximum atomic E-state index is 13.6. The molecule has 10 heteroatoms. The van der Waals surface area contributed by atoms with Gasteiger partial charge in [0.1, 0.15) is 17.3 Å². The highest BCUT2D eigenvalue weighted by Gasteiger charge is 2.20. The molecule has 4 N–H and O–H groups in total. The molecule has 30 heavy (non-hydrogen) atoms. The predicted octanol–water partition coefficient (Wildman–Crippen LogP) is 1.25. The first-order valence-electron chi connectivity index (χ1n) is 9.45. The molecule has 152 valence electrons. The Bertz CT molecular complexity index is 1450. The van der Waals surface area contributed by atoms with Gasteiger partial charge in [-0.2, -0.15) is 9.61 Å². The molecular formula is C20H18FN7O2. The van der Waals surface area contributed by atoms with E-state index < -0.39 is 5.69 Å². The van der Waals surface area contributed by atoms with E-state index in [1.54, 1.807) is 41.9 Å². The van der Waals surface area contributed by atoms with Crippen LogP contribution in [-0.2, 0) is 0 Å². The maximum Gasteiger partial charge on any atom is 0.326 e. The highest BCUT2D eigenvalue weighted by Crippen LogP contribution is 2.23. The van der Waals surface area contributed by atoms with Gasteiger partial charge in [-0.25, -0.2) is 14.2 Å². The minimum absolute atomic E-state index is 0.227. The number of rotatable bonds is 4. The first-order chi connectivity index (χ1) is 14.5. The number of fused-ring (bicyclic) bond motifs is 1. The maximum absolute atomic E-state index is 13.6. The van der Waals surface area contributed by atoms with Crippen molar-refractivity contribution in [3.05, 3.63) is 68.7 Å². The molecule has 0 atom stereocenters. The fourth-order valence-corrected chi connectivity index (χ4v) is 3.13. The van der Waals surface area contributed by atoms with Gasteiger partial charge in [-0.1, -0.05) is 0 Å². The number of H-pyrrole nitrogens is 2. The summed E-state index contributed by atoms with van der Waals surface area (Å²) in [6.45, 7) is 1.69. The third-order valence-electron chi connectivity index (χ3n) is 4.81. The van der Waals surface area contributed by atoms with Gasteiger partial charge < -0.3 is 15.4 Å². The van der Waals surface area contributed by atoms with Gasteiger partial charge >= 0.3 is 5.69 Å². The third kappa shape index (κ3) is 3.43. The van der Waals surface area contributed by atoms with Crippen molar-refractivity contribution in [2.45, 2.75) is 25.8 Å². The van der Waals surface area contributed by atoms with Crippen molar-refractivity contribution < 1.29 is 9.50 Å². The number of halogens is 1. The molecule has 9 nitrogen and oxygen atoms in total. The quantitative estimate of drug-likeness (QED) is 0.405. The Hall–Kier alpha value is -3.95. The van der Waals surface area contributed by atoms with Crippen molar-refractivity contribution >= 4 is 23.2 Å². The second kappa shape index (κ2) is 6.83. The van der Waals surface area contributed by atoms with Crippen molar-refractivity contribution in [1.82, 2.24) is 24.6 Å². The first kappa shape index (κ1) is 18.1. The fraction of sp³-hybridized carbons (Fsp3) is 0.200. The van der Waals surface area contributed by atoms with Gasteiger partial charge in [0.2, 0.25) is 5.88 Å². The first-order valence-corrected chi connectivity index (χ1v) is 9.45. The summed E-state index contributed by atoms with van der Waals surface area (Å²) in [7, 11) is 0. The predicted molar refractivity (Wildman–Crippen MR) is 108 cm³/mol. The summed E-state index contributed by atoms with van der Waals surface area (Å²) in [5.41, 5.74) is 2.07. The molecule has 0 saturated heterocycles. The highest BCUT2D eigenvalue weighted by atomic mass is 19.1. The lowest BCUT2D eigenvalue weighted by Gasteiger charge is -2.08. The van der Waals surface area contributed by atoms with E-state index in [1.165, 1.54) is 6.07 Å². The normalized spacial score (nSPS) is 15.3. The summed E-state index contributed by atoms with van der Waals surface area (Å²) in [5, 5.41) is 18.0. The van der Waals surface area contributed by atoms with Gasteiger partial charge in [0, 0.05) is 17.0 Å². The minimum Gasteiger partial charge on any atom is -0.493 e. The lowest BCUT2D eigenvalue weighted by molar-refractivity contribution is 0.454. The molecule has 1 aliphatic carbocycles. The Morgan fingerprint density at radius 1 is 1.33 bits per heavy atom. The number of imidazole rings is 1. The molecule has 0 amide bonds. The molecule has 0 unspecified atom stereocenters. The average Bonchev–Trinajstić information content (AvgIpc) is 3.34. The van der Waals surface area contributed by atoms with E-state index in [-0.39, 0.29) is 23.4 Å². The SMILES string of the molecule is Cc1cc(Nc2cc(=NC3CC3)n3nc/c(=C/c4[nH]c(=O)[nH]c4O)c3n2)ccc1F. The number of anilines is 2.